The molecule has 0 aromatic heterocycles. The number of nitrogens with zero attached hydrogens (tertiary/aromatic N) is 3. The van der Waals surface area contributed by atoms with Crippen LogP contribution in [0.4, 0.5) is 0 Å². The lowest BCUT2D eigenvalue weighted by Gasteiger charge is -2.30. The SMILES string of the molecule is CC(=O)N(CCOCCS(=O)(=O)O)CC(C(=O)ON1C(=O)CCC1=O)N1C(=O)C=CC1=O. The first-order valence-electron chi connectivity index (χ1n) is 9.32. The van der Waals surface area contributed by atoms with E-state index in [1.165, 1.54) is 0 Å². The highest BCUT2D eigenvalue weighted by molar-refractivity contribution is 7.85. The van der Waals surface area contributed by atoms with Crippen LogP contribution >= 0.6 is 0 Å². The van der Waals surface area contributed by atoms with Gasteiger partial charge in [0.25, 0.3) is 33.7 Å². The molecule has 176 valence electrons. The minimum atomic E-state index is -4.23. The van der Waals surface area contributed by atoms with Crippen molar-refractivity contribution in [3.05, 3.63) is 12.2 Å². The highest BCUT2D eigenvalue weighted by Crippen LogP contribution is 2.17. The zero-order valence-electron chi connectivity index (χ0n) is 17.0. The van der Waals surface area contributed by atoms with Gasteiger partial charge in [-0.15, -0.1) is 5.06 Å². The second-order valence-corrected chi connectivity index (χ2v) is 8.32. The van der Waals surface area contributed by atoms with Crippen molar-refractivity contribution in [2.45, 2.75) is 25.8 Å². The molecular formula is C17H21N3O11S. The van der Waals surface area contributed by atoms with Crippen LogP contribution in [0.1, 0.15) is 19.8 Å². The van der Waals surface area contributed by atoms with Gasteiger partial charge >= 0.3 is 5.97 Å². The Labute approximate surface area is 182 Å². The molecule has 2 rings (SSSR count). The molecule has 5 amide bonds. The zero-order valence-corrected chi connectivity index (χ0v) is 17.8. The Bertz CT molecular complexity index is 925. The van der Waals surface area contributed by atoms with Gasteiger partial charge in [-0.05, 0) is 0 Å². The summed E-state index contributed by atoms with van der Waals surface area (Å²) in [4.78, 5) is 78.7. The van der Waals surface area contributed by atoms with Crippen molar-refractivity contribution in [1.82, 2.24) is 14.9 Å². The Morgan fingerprint density at radius 3 is 2.16 bits per heavy atom. The summed E-state index contributed by atoms with van der Waals surface area (Å²) in [7, 11) is -4.23. The van der Waals surface area contributed by atoms with E-state index in [-0.39, 0.29) is 37.7 Å². The van der Waals surface area contributed by atoms with Gasteiger partial charge in [0.15, 0.2) is 6.04 Å². The predicted octanol–water partition coefficient (Wildman–Crippen LogP) is -2.36. The first-order chi connectivity index (χ1) is 14.9. The van der Waals surface area contributed by atoms with Crippen LogP contribution in [0, 0.1) is 0 Å². The summed E-state index contributed by atoms with van der Waals surface area (Å²) in [5.41, 5.74) is 0. The molecule has 0 bridgehead atoms. The van der Waals surface area contributed by atoms with Gasteiger partial charge in [-0.3, -0.25) is 33.4 Å². The number of hydroxylamine groups is 2. The topological polar surface area (TPSA) is 185 Å². The maximum Gasteiger partial charge on any atom is 0.357 e. The van der Waals surface area contributed by atoms with Crippen LogP contribution in [0.25, 0.3) is 0 Å². The van der Waals surface area contributed by atoms with E-state index in [2.05, 4.69) is 0 Å². The predicted molar refractivity (Wildman–Crippen MR) is 101 cm³/mol. The number of hydrogen-bond donors (Lipinski definition) is 1. The van der Waals surface area contributed by atoms with E-state index in [9.17, 15) is 37.2 Å². The van der Waals surface area contributed by atoms with Crippen LogP contribution < -0.4 is 0 Å². The van der Waals surface area contributed by atoms with E-state index in [4.69, 9.17) is 14.1 Å². The monoisotopic (exact) mass is 475 g/mol. The van der Waals surface area contributed by atoms with Crippen LogP contribution in [0.3, 0.4) is 0 Å². The fraction of sp³-hybridized carbons (Fsp3) is 0.529. The van der Waals surface area contributed by atoms with E-state index < -0.39 is 64.0 Å². The molecule has 14 nitrogen and oxygen atoms in total. The van der Waals surface area contributed by atoms with E-state index >= 15 is 0 Å². The minimum Gasteiger partial charge on any atom is -0.378 e. The number of amides is 5. The summed E-state index contributed by atoms with van der Waals surface area (Å²) >= 11 is 0. The molecule has 2 aliphatic heterocycles. The quantitative estimate of drug-likeness (QED) is 0.191. The van der Waals surface area contributed by atoms with Crippen molar-refractivity contribution in [1.29, 1.82) is 0 Å². The average Bonchev–Trinajstić information content (AvgIpc) is 3.18. The van der Waals surface area contributed by atoms with Crippen molar-refractivity contribution in [3.8, 4) is 0 Å². The van der Waals surface area contributed by atoms with Crippen LogP contribution in [0.2, 0.25) is 0 Å². The number of rotatable bonds is 11. The summed E-state index contributed by atoms with van der Waals surface area (Å²) < 4.78 is 35.1. The molecule has 1 atom stereocenters. The molecule has 0 saturated carbocycles. The number of carbonyl (C=O) groups excluding carboxylic acids is 6. The standard InChI is InChI=1S/C17H21N3O11S/c1-11(21)18(6-7-30-8-9-32(27,28)29)10-12(19-13(22)2-3-14(19)23)17(26)31-20-15(24)4-5-16(20)25/h2-3,12H,4-10H2,1H3,(H,27,28,29). The Morgan fingerprint density at radius 2 is 1.66 bits per heavy atom. The van der Waals surface area contributed by atoms with E-state index in [0.717, 1.165) is 24.0 Å². The Hall–Kier alpha value is -3.17. The maximum absolute atomic E-state index is 12.7. The molecular weight excluding hydrogens is 454 g/mol. The summed E-state index contributed by atoms with van der Waals surface area (Å²) in [6, 6.07) is -1.67. The second-order valence-electron chi connectivity index (χ2n) is 6.75. The van der Waals surface area contributed by atoms with E-state index in [1.54, 1.807) is 0 Å². The van der Waals surface area contributed by atoms with Crippen molar-refractivity contribution < 1.29 is 51.3 Å². The lowest BCUT2D eigenvalue weighted by molar-refractivity contribution is -0.201. The second kappa shape index (κ2) is 10.4. The molecule has 2 heterocycles. The van der Waals surface area contributed by atoms with E-state index in [1.807, 2.05) is 0 Å². The zero-order chi connectivity index (χ0) is 24.1. The molecule has 1 N–H and O–H groups in total. The Kier molecular flexibility index (Phi) is 8.18. The summed E-state index contributed by atoms with van der Waals surface area (Å²) in [5, 5.41) is 0.254. The highest BCUT2D eigenvalue weighted by atomic mass is 32.2. The normalized spacial score (nSPS) is 17.3. The summed E-state index contributed by atoms with van der Waals surface area (Å²) in [6.07, 6.45) is 1.48. The third kappa shape index (κ3) is 6.66. The van der Waals surface area contributed by atoms with E-state index in [0.29, 0.717) is 4.90 Å². The van der Waals surface area contributed by atoms with Crippen molar-refractivity contribution in [3.63, 3.8) is 0 Å². The van der Waals surface area contributed by atoms with Gasteiger partial charge in [-0.25, -0.2) is 4.79 Å². The number of carbonyl (C=O) groups is 6. The molecule has 1 unspecified atom stereocenters. The molecule has 0 spiro atoms. The van der Waals surface area contributed by atoms with Crippen LogP contribution in [-0.2, 0) is 48.5 Å². The molecule has 0 radical (unpaired) electrons. The Morgan fingerprint density at radius 1 is 1.09 bits per heavy atom. The van der Waals surface area contributed by atoms with Gasteiger partial charge in [-0.1, -0.05) is 0 Å². The third-order valence-electron chi connectivity index (χ3n) is 4.44. The third-order valence-corrected chi connectivity index (χ3v) is 5.13. The average molecular weight is 475 g/mol. The molecule has 15 heteroatoms. The van der Waals surface area contributed by atoms with Gasteiger partial charge in [0.2, 0.25) is 5.91 Å². The molecule has 32 heavy (non-hydrogen) atoms. The molecule has 2 aliphatic rings. The summed E-state index contributed by atoms with van der Waals surface area (Å²) in [6.45, 7) is -0.122. The fourth-order valence-corrected chi connectivity index (χ4v) is 3.14. The molecule has 1 fully saturated rings. The lowest BCUT2D eigenvalue weighted by Crippen LogP contribution is -2.54. The van der Waals surface area contributed by atoms with Gasteiger partial charge in [-0.2, -0.15) is 8.42 Å². The maximum atomic E-state index is 12.7. The summed E-state index contributed by atoms with van der Waals surface area (Å²) in [5.74, 6) is -5.78. The largest absolute Gasteiger partial charge is 0.378 e. The van der Waals surface area contributed by atoms with Gasteiger partial charge in [0.1, 0.15) is 0 Å². The number of hydrogen-bond acceptors (Lipinski definition) is 10. The first-order valence-corrected chi connectivity index (χ1v) is 10.9. The van der Waals surface area contributed by atoms with Gasteiger partial charge in [0.05, 0.1) is 25.5 Å². The lowest BCUT2D eigenvalue weighted by atomic mass is 10.2. The minimum absolute atomic E-state index is 0.166. The van der Waals surface area contributed by atoms with Gasteiger partial charge < -0.3 is 14.5 Å². The van der Waals surface area contributed by atoms with Crippen molar-refractivity contribution in [2.75, 3.05) is 32.1 Å². The first kappa shape index (κ1) is 25.1. The smallest absolute Gasteiger partial charge is 0.357 e. The number of imide groups is 2. The fourth-order valence-electron chi connectivity index (χ4n) is 2.82. The molecule has 1 saturated heterocycles. The van der Waals surface area contributed by atoms with Crippen LogP contribution in [-0.4, -0.2) is 101 Å². The molecule has 0 aromatic carbocycles. The molecule has 0 aromatic rings. The van der Waals surface area contributed by atoms with Gasteiger partial charge in [0, 0.05) is 38.5 Å². The van der Waals surface area contributed by atoms with Crippen molar-refractivity contribution >= 4 is 45.6 Å². The highest BCUT2D eigenvalue weighted by Gasteiger charge is 2.42. The number of ether oxygens (including phenoxy) is 1. The van der Waals surface area contributed by atoms with Crippen LogP contribution in [0.15, 0.2) is 12.2 Å². The Balaban J connectivity index is 2.11. The van der Waals surface area contributed by atoms with Crippen molar-refractivity contribution in [2.24, 2.45) is 0 Å². The van der Waals surface area contributed by atoms with Crippen LogP contribution in [0.5, 0.6) is 0 Å². The molecule has 0 aliphatic carbocycles.